The molecule has 0 aromatic heterocycles. The number of hydrogen-bond donors (Lipinski definition) is 0. The summed E-state index contributed by atoms with van der Waals surface area (Å²) in [5, 5.41) is 0. The largest absolute Gasteiger partial charge is 0.458 e. The van der Waals surface area contributed by atoms with Gasteiger partial charge in [-0.05, 0) is 110 Å². The Labute approximate surface area is 253 Å². The smallest absolute Gasteiger partial charge is 0.338 e. The highest BCUT2D eigenvalue weighted by Gasteiger charge is 2.61. The second kappa shape index (κ2) is 10.6. The number of allylic oxidation sites excluding steroid dienone is 1. The summed E-state index contributed by atoms with van der Waals surface area (Å²) in [6.07, 6.45) is 10.1. The first-order valence-electron chi connectivity index (χ1n) is 16.1. The average Bonchev–Trinajstić information content (AvgIpc) is 3.33. The molecule has 2 aromatic carbocycles. The first kappa shape index (κ1) is 29.7. The minimum absolute atomic E-state index is 0.115. The molecule has 0 aliphatic heterocycles. The normalized spacial score (nSPS) is 36.1. The average molecular weight is 589 g/mol. The fourth-order valence-electron chi connectivity index (χ4n) is 10.5. The molecule has 4 nitrogen and oxygen atoms in total. The maximum atomic E-state index is 13.3. The van der Waals surface area contributed by atoms with Crippen LogP contribution in [-0.4, -0.2) is 26.2 Å². The van der Waals surface area contributed by atoms with Gasteiger partial charge in [0.1, 0.15) is 6.10 Å². The van der Waals surface area contributed by atoms with Crippen LogP contribution in [0.5, 0.6) is 0 Å². The summed E-state index contributed by atoms with van der Waals surface area (Å²) in [5.41, 5.74) is 2.21. The van der Waals surface area contributed by atoms with E-state index in [1.807, 2.05) is 48.5 Å². The molecule has 0 N–H and O–H groups in total. The van der Waals surface area contributed by atoms with Gasteiger partial charge < -0.3 is 4.74 Å². The van der Waals surface area contributed by atoms with Crippen molar-refractivity contribution in [3.63, 3.8) is 0 Å². The van der Waals surface area contributed by atoms with Crippen LogP contribution in [0.25, 0.3) is 0 Å². The highest BCUT2D eigenvalue weighted by atomic mass is 32.2. The Morgan fingerprint density at radius 3 is 2.24 bits per heavy atom. The molecule has 0 amide bonds. The van der Waals surface area contributed by atoms with Gasteiger partial charge in [-0.2, -0.15) is 0 Å². The van der Waals surface area contributed by atoms with Crippen LogP contribution in [0.1, 0.15) is 89.9 Å². The Morgan fingerprint density at radius 1 is 0.881 bits per heavy atom. The molecule has 42 heavy (non-hydrogen) atoms. The monoisotopic (exact) mass is 588 g/mol. The van der Waals surface area contributed by atoms with Crippen molar-refractivity contribution in [2.75, 3.05) is 5.75 Å². The maximum absolute atomic E-state index is 13.3. The fourth-order valence-corrected chi connectivity index (χ4v) is 12.2. The van der Waals surface area contributed by atoms with Crippen LogP contribution >= 0.6 is 0 Å². The molecule has 0 heterocycles. The number of rotatable bonds is 6. The van der Waals surface area contributed by atoms with Crippen molar-refractivity contribution in [1.29, 1.82) is 0 Å². The van der Waals surface area contributed by atoms with E-state index in [9.17, 15) is 13.2 Å². The van der Waals surface area contributed by atoms with Gasteiger partial charge in [-0.25, -0.2) is 13.2 Å². The molecule has 0 bridgehead atoms. The van der Waals surface area contributed by atoms with E-state index in [2.05, 4.69) is 40.7 Å². The lowest BCUT2D eigenvalue weighted by Gasteiger charge is -2.61. The van der Waals surface area contributed by atoms with Crippen molar-refractivity contribution >= 4 is 15.8 Å². The minimum Gasteiger partial charge on any atom is -0.458 e. The first-order chi connectivity index (χ1) is 19.9. The molecular formula is C37H48O4S. The third-order valence-corrected chi connectivity index (χ3v) is 14.4. The van der Waals surface area contributed by atoms with Crippen molar-refractivity contribution in [3.8, 4) is 0 Å². The van der Waals surface area contributed by atoms with Crippen LogP contribution < -0.4 is 0 Å². The molecule has 3 saturated carbocycles. The van der Waals surface area contributed by atoms with Crippen molar-refractivity contribution < 1.29 is 17.9 Å². The number of benzene rings is 2. The summed E-state index contributed by atoms with van der Waals surface area (Å²) in [7, 11) is -3.30. The van der Waals surface area contributed by atoms with Gasteiger partial charge in [-0.3, -0.25) is 0 Å². The molecule has 6 rings (SSSR count). The third kappa shape index (κ3) is 4.78. The number of sulfone groups is 1. The van der Waals surface area contributed by atoms with Gasteiger partial charge >= 0.3 is 5.97 Å². The summed E-state index contributed by atoms with van der Waals surface area (Å²) in [4.78, 5) is 13.5. The molecule has 5 heteroatoms. The summed E-state index contributed by atoms with van der Waals surface area (Å²) < 4.78 is 32.8. The van der Waals surface area contributed by atoms with E-state index in [1.165, 1.54) is 24.8 Å². The second-order valence-corrected chi connectivity index (χ2v) is 17.0. The highest BCUT2D eigenvalue weighted by molar-refractivity contribution is 7.91. The van der Waals surface area contributed by atoms with E-state index < -0.39 is 9.84 Å². The van der Waals surface area contributed by atoms with E-state index in [-0.39, 0.29) is 40.0 Å². The quantitative estimate of drug-likeness (QED) is 0.251. The third-order valence-electron chi connectivity index (χ3n) is 12.5. The van der Waals surface area contributed by atoms with Crippen LogP contribution in [0.4, 0.5) is 0 Å². The van der Waals surface area contributed by atoms with Crippen LogP contribution in [0.15, 0.2) is 77.2 Å². The fraction of sp³-hybridized carbons (Fsp3) is 0.595. The second-order valence-electron chi connectivity index (χ2n) is 15.0. The summed E-state index contributed by atoms with van der Waals surface area (Å²) in [6.45, 7) is 11.7. The number of fused-ring (bicyclic) bond motifs is 5. The van der Waals surface area contributed by atoms with E-state index in [1.54, 1.807) is 12.1 Å². The number of carbonyl (C=O) groups excluding carboxylic acids is 1. The Balaban J connectivity index is 1.20. The topological polar surface area (TPSA) is 60.4 Å². The standard InChI is InChI=1S/C37H48O4S/c1-25(24-42(39,40)27-14-10-7-11-15-27)29-17-18-30-28-16-19-32-35(2,3)33(41-34(38)26-12-8-6-9-13-26)21-23-37(32,5)31(28)20-22-36(29,30)4/h6-15,19,25,28-31,33H,16-18,20-24H2,1-5H3/t25-,28+,29+,30+,31+,33+,36-,37+/m1/s1. The van der Waals surface area contributed by atoms with Gasteiger partial charge in [0, 0.05) is 5.41 Å². The summed E-state index contributed by atoms with van der Waals surface area (Å²) in [6, 6.07) is 18.3. The predicted molar refractivity (Wildman–Crippen MR) is 168 cm³/mol. The Kier molecular flexibility index (Phi) is 7.52. The van der Waals surface area contributed by atoms with Crippen molar-refractivity contribution in [1.82, 2.24) is 0 Å². The zero-order valence-corrected chi connectivity index (χ0v) is 26.8. The molecule has 4 aliphatic rings. The molecule has 8 atom stereocenters. The number of esters is 1. The lowest BCUT2D eigenvalue weighted by molar-refractivity contribution is -0.0818. The summed E-state index contributed by atoms with van der Waals surface area (Å²) >= 11 is 0. The molecule has 4 aliphatic carbocycles. The zero-order valence-electron chi connectivity index (χ0n) is 26.0. The zero-order chi connectivity index (χ0) is 29.9. The van der Waals surface area contributed by atoms with Crippen LogP contribution in [0.2, 0.25) is 0 Å². The minimum atomic E-state index is -3.30. The lowest BCUT2D eigenvalue weighted by atomic mass is 9.44. The molecule has 226 valence electrons. The molecule has 0 radical (unpaired) electrons. The number of hydrogen-bond acceptors (Lipinski definition) is 4. The van der Waals surface area contributed by atoms with Gasteiger partial charge in [0.2, 0.25) is 0 Å². The Morgan fingerprint density at radius 2 is 1.55 bits per heavy atom. The Bertz CT molecular complexity index is 1450. The van der Waals surface area contributed by atoms with Gasteiger partial charge in [-0.1, -0.05) is 82.7 Å². The van der Waals surface area contributed by atoms with Crippen molar-refractivity contribution in [2.24, 2.45) is 45.8 Å². The van der Waals surface area contributed by atoms with Crippen molar-refractivity contribution in [3.05, 3.63) is 77.9 Å². The first-order valence-corrected chi connectivity index (χ1v) is 17.8. The van der Waals surface area contributed by atoms with Crippen LogP contribution in [0.3, 0.4) is 0 Å². The van der Waals surface area contributed by atoms with E-state index in [4.69, 9.17) is 4.74 Å². The van der Waals surface area contributed by atoms with Gasteiger partial charge in [-0.15, -0.1) is 0 Å². The van der Waals surface area contributed by atoms with Crippen LogP contribution in [0, 0.1) is 45.8 Å². The molecule has 3 fully saturated rings. The van der Waals surface area contributed by atoms with Gasteiger partial charge in [0.15, 0.2) is 9.84 Å². The van der Waals surface area contributed by atoms with Gasteiger partial charge in [0.25, 0.3) is 0 Å². The predicted octanol–water partition coefficient (Wildman–Crippen LogP) is 8.54. The van der Waals surface area contributed by atoms with E-state index in [0.29, 0.717) is 34.1 Å². The Hall–Kier alpha value is -2.40. The van der Waals surface area contributed by atoms with Gasteiger partial charge in [0.05, 0.1) is 16.2 Å². The van der Waals surface area contributed by atoms with E-state index >= 15 is 0 Å². The SMILES string of the molecule is C[C@H](CS(=O)(=O)c1ccccc1)[C@@H]1CC[C@H]2[C@@H]3CC=C4C(C)(C)[C@@H](OC(=O)c5ccccc5)CC[C@@]4(C)[C@H]3CC[C@@]21C. The highest BCUT2D eigenvalue weighted by Crippen LogP contribution is 2.69. The number of carbonyl (C=O) groups is 1. The summed E-state index contributed by atoms with van der Waals surface area (Å²) in [5.74, 6) is 2.49. The molecule has 0 unspecified atom stereocenters. The maximum Gasteiger partial charge on any atom is 0.338 e. The van der Waals surface area contributed by atoms with E-state index in [0.717, 1.165) is 25.7 Å². The molecule has 0 spiro atoms. The van der Waals surface area contributed by atoms with Crippen LogP contribution in [-0.2, 0) is 14.6 Å². The molecule has 0 saturated heterocycles. The van der Waals surface area contributed by atoms with Crippen molar-refractivity contribution in [2.45, 2.75) is 90.6 Å². The molecular weight excluding hydrogens is 540 g/mol. The lowest BCUT2D eigenvalue weighted by Crippen LogP contribution is -2.55. The molecule has 2 aromatic rings. The number of ether oxygens (including phenoxy) is 1.